The molecule has 0 radical (unpaired) electrons. The fourth-order valence-corrected chi connectivity index (χ4v) is 8.42. The summed E-state index contributed by atoms with van der Waals surface area (Å²) in [5.74, 6) is 0.607. The molecule has 0 aliphatic heterocycles. The minimum Gasteiger partial charge on any atom is -0.438 e. The van der Waals surface area contributed by atoms with Gasteiger partial charge in [0.2, 0.25) is 5.71 Å². The van der Waals surface area contributed by atoms with Crippen molar-refractivity contribution in [3.63, 3.8) is 0 Å². The Hall–Kier alpha value is -8.14. The number of para-hydroxylation sites is 1. The van der Waals surface area contributed by atoms with Crippen molar-refractivity contribution in [3.8, 4) is 89.4 Å². The van der Waals surface area contributed by atoms with Gasteiger partial charge in [0, 0.05) is 16.5 Å². The number of benzene rings is 9. The fourth-order valence-electron chi connectivity index (χ4n) is 8.42. The van der Waals surface area contributed by atoms with Crippen molar-refractivity contribution >= 4 is 22.1 Å². The van der Waals surface area contributed by atoms with E-state index in [0.717, 1.165) is 77.7 Å². The second kappa shape index (κ2) is 15.6. The molecule has 0 aliphatic rings. The van der Waals surface area contributed by atoms with Gasteiger partial charge in [-0.2, -0.15) is 4.98 Å². The van der Waals surface area contributed by atoms with E-state index in [-0.39, 0.29) is 0 Å². The number of hydrogen-bond donors (Lipinski definition) is 0. The van der Waals surface area contributed by atoms with Gasteiger partial charge < -0.3 is 4.42 Å². The van der Waals surface area contributed by atoms with Crippen molar-refractivity contribution in [3.05, 3.63) is 231 Å². The van der Waals surface area contributed by atoms with Crippen LogP contribution in [0, 0.1) is 0 Å². The van der Waals surface area contributed by atoms with Crippen LogP contribution in [-0.2, 0) is 0 Å². The summed E-state index contributed by atoms with van der Waals surface area (Å²) in [4.78, 5) is 10.5. The van der Waals surface area contributed by atoms with Crippen molar-refractivity contribution in [1.82, 2.24) is 9.97 Å². The van der Waals surface area contributed by atoms with Crippen LogP contribution in [0.15, 0.2) is 235 Å². The average Bonchev–Trinajstić information content (AvgIpc) is 3.73. The molecule has 0 N–H and O–H groups in total. The molecule has 286 valence electrons. The SMILES string of the molecule is c1ccc(-c2cccc(-c3cc(-c4cccc(-c5ccccc5)c4)cc(-c4cccc(-c5nc(-c6cccc(-c7ccccc7)c6)c6c(n5)oc5ccccc56)c4)c3)c2)cc1. The maximum Gasteiger partial charge on any atom is 0.231 e. The molecule has 3 nitrogen and oxygen atoms in total. The largest absolute Gasteiger partial charge is 0.438 e. The summed E-state index contributed by atoms with van der Waals surface area (Å²) in [6, 6.07) is 81.5. The standard InChI is InChI=1S/C58H38N2O/c1-4-16-39(17-5-1)42-22-12-25-45(32-42)50-36-51(46-26-13-23-43(33-46)40-18-6-2-7-19-40)38-52(37-50)47-27-15-29-49(35-47)57-59-56(55-53-30-10-11-31-54(53)61-58(55)60-57)48-28-14-24-44(34-48)41-20-8-3-9-21-41/h1-38H. The first kappa shape index (κ1) is 36.0. The zero-order valence-electron chi connectivity index (χ0n) is 33.2. The monoisotopic (exact) mass is 778 g/mol. The summed E-state index contributed by atoms with van der Waals surface area (Å²) in [6.45, 7) is 0. The predicted octanol–water partition coefficient (Wildman–Crippen LogP) is 15.7. The van der Waals surface area contributed by atoms with Crippen LogP contribution in [0.5, 0.6) is 0 Å². The quantitative estimate of drug-likeness (QED) is 0.154. The number of aromatic nitrogens is 2. The molecule has 3 heteroatoms. The highest BCUT2D eigenvalue weighted by Crippen LogP contribution is 2.40. The van der Waals surface area contributed by atoms with E-state index in [0.29, 0.717) is 11.5 Å². The molecule has 2 aromatic heterocycles. The molecule has 0 spiro atoms. The lowest BCUT2D eigenvalue weighted by Gasteiger charge is -2.14. The summed E-state index contributed by atoms with van der Waals surface area (Å²) in [6.07, 6.45) is 0. The normalized spacial score (nSPS) is 11.3. The molecular weight excluding hydrogens is 741 g/mol. The first-order chi connectivity index (χ1) is 30.2. The van der Waals surface area contributed by atoms with Crippen molar-refractivity contribution in [2.75, 3.05) is 0 Å². The number of furan rings is 1. The van der Waals surface area contributed by atoms with Crippen LogP contribution in [-0.4, -0.2) is 9.97 Å². The van der Waals surface area contributed by atoms with E-state index in [4.69, 9.17) is 14.4 Å². The maximum atomic E-state index is 6.47. The van der Waals surface area contributed by atoms with Gasteiger partial charge in [-0.15, -0.1) is 0 Å². The molecule has 9 aromatic carbocycles. The van der Waals surface area contributed by atoms with E-state index in [1.807, 2.05) is 24.3 Å². The molecule has 61 heavy (non-hydrogen) atoms. The van der Waals surface area contributed by atoms with Crippen molar-refractivity contribution in [2.45, 2.75) is 0 Å². The van der Waals surface area contributed by atoms with Gasteiger partial charge in [-0.3, -0.25) is 0 Å². The third-order valence-corrected chi connectivity index (χ3v) is 11.5. The van der Waals surface area contributed by atoms with Crippen LogP contribution >= 0.6 is 0 Å². The molecule has 0 unspecified atom stereocenters. The highest BCUT2D eigenvalue weighted by molar-refractivity contribution is 6.10. The number of rotatable bonds is 8. The van der Waals surface area contributed by atoms with E-state index in [1.54, 1.807) is 0 Å². The van der Waals surface area contributed by atoms with E-state index >= 15 is 0 Å². The van der Waals surface area contributed by atoms with Gasteiger partial charge in [0.1, 0.15) is 5.58 Å². The lowest BCUT2D eigenvalue weighted by Crippen LogP contribution is -1.95. The van der Waals surface area contributed by atoms with E-state index < -0.39 is 0 Å². The second-order valence-corrected chi connectivity index (χ2v) is 15.4. The van der Waals surface area contributed by atoms with E-state index in [9.17, 15) is 0 Å². The van der Waals surface area contributed by atoms with Gasteiger partial charge in [-0.25, -0.2) is 4.98 Å². The Morgan fingerprint density at radius 3 is 1.10 bits per heavy atom. The summed E-state index contributed by atoms with van der Waals surface area (Å²) in [5.41, 5.74) is 17.9. The van der Waals surface area contributed by atoms with Gasteiger partial charge in [-0.1, -0.05) is 182 Å². The van der Waals surface area contributed by atoms with Crippen LogP contribution in [0.4, 0.5) is 0 Å². The van der Waals surface area contributed by atoms with Crippen LogP contribution in [0.2, 0.25) is 0 Å². The average molecular weight is 779 g/mol. The summed E-state index contributed by atoms with van der Waals surface area (Å²) in [7, 11) is 0. The molecule has 0 atom stereocenters. The number of nitrogens with zero attached hydrogens (tertiary/aromatic N) is 2. The first-order valence-corrected chi connectivity index (χ1v) is 20.6. The van der Waals surface area contributed by atoms with Crippen LogP contribution < -0.4 is 0 Å². The lowest BCUT2D eigenvalue weighted by atomic mass is 9.91. The molecule has 11 aromatic rings. The van der Waals surface area contributed by atoms with Gasteiger partial charge >= 0.3 is 0 Å². The van der Waals surface area contributed by atoms with Crippen molar-refractivity contribution in [1.29, 1.82) is 0 Å². The molecule has 0 aliphatic carbocycles. The van der Waals surface area contributed by atoms with Crippen LogP contribution in [0.1, 0.15) is 0 Å². The zero-order valence-corrected chi connectivity index (χ0v) is 33.2. The van der Waals surface area contributed by atoms with Gasteiger partial charge in [0.25, 0.3) is 0 Å². The van der Waals surface area contributed by atoms with Crippen LogP contribution in [0.3, 0.4) is 0 Å². The molecular formula is C58H38N2O. The third-order valence-electron chi connectivity index (χ3n) is 11.5. The molecule has 0 amide bonds. The smallest absolute Gasteiger partial charge is 0.231 e. The summed E-state index contributed by atoms with van der Waals surface area (Å²) in [5, 5.41) is 1.91. The summed E-state index contributed by atoms with van der Waals surface area (Å²) < 4.78 is 6.47. The second-order valence-electron chi connectivity index (χ2n) is 15.4. The molecule has 0 saturated heterocycles. The van der Waals surface area contributed by atoms with Crippen LogP contribution in [0.25, 0.3) is 111 Å². The number of hydrogen-bond acceptors (Lipinski definition) is 3. The molecule has 0 saturated carbocycles. The van der Waals surface area contributed by atoms with Gasteiger partial charge in [0.05, 0.1) is 11.1 Å². The Morgan fingerprint density at radius 2 is 0.607 bits per heavy atom. The Morgan fingerprint density at radius 1 is 0.262 bits per heavy atom. The number of fused-ring (bicyclic) bond motifs is 3. The Kier molecular flexibility index (Phi) is 9.18. The van der Waals surface area contributed by atoms with Gasteiger partial charge in [0.15, 0.2) is 5.82 Å². The molecule has 0 fully saturated rings. The first-order valence-electron chi connectivity index (χ1n) is 20.6. The topological polar surface area (TPSA) is 38.9 Å². The van der Waals surface area contributed by atoms with Crippen molar-refractivity contribution < 1.29 is 4.42 Å². The Bertz CT molecular complexity index is 3250. The maximum absolute atomic E-state index is 6.47. The minimum absolute atomic E-state index is 0.567. The molecule has 0 bridgehead atoms. The predicted molar refractivity (Wildman–Crippen MR) is 253 cm³/mol. The zero-order chi connectivity index (χ0) is 40.5. The fraction of sp³-hybridized carbons (Fsp3) is 0. The lowest BCUT2D eigenvalue weighted by molar-refractivity contribution is 0.653. The Labute approximate surface area is 354 Å². The minimum atomic E-state index is 0.567. The molecule has 2 heterocycles. The third kappa shape index (κ3) is 7.09. The highest BCUT2D eigenvalue weighted by atomic mass is 16.3. The Balaban J connectivity index is 1.06. The van der Waals surface area contributed by atoms with Gasteiger partial charge in [-0.05, 0) is 115 Å². The van der Waals surface area contributed by atoms with E-state index in [1.165, 1.54) is 22.3 Å². The van der Waals surface area contributed by atoms with E-state index in [2.05, 4.69) is 206 Å². The highest BCUT2D eigenvalue weighted by Gasteiger charge is 2.19. The molecule has 11 rings (SSSR count). The van der Waals surface area contributed by atoms with Crippen molar-refractivity contribution in [2.24, 2.45) is 0 Å². The summed E-state index contributed by atoms with van der Waals surface area (Å²) >= 11 is 0.